The molecule has 2 N–H and O–H groups in total. The molecule has 1 aromatic rings. The molecule has 0 saturated carbocycles. The van der Waals surface area contributed by atoms with E-state index in [2.05, 4.69) is 17.3 Å². The monoisotopic (exact) mass is 233 g/mol. The Kier molecular flexibility index (Phi) is 5.55. The number of rotatable bonds is 6. The summed E-state index contributed by atoms with van der Waals surface area (Å²) >= 11 is 0. The quantitative estimate of drug-likeness (QED) is 0.574. The molecule has 17 heavy (non-hydrogen) atoms. The van der Waals surface area contributed by atoms with Crippen LogP contribution in [0, 0.1) is 26.2 Å². The number of benzene rings is 1. The molecule has 92 valence electrons. The van der Waals surface area contributed by atoms with E-state index < -0.39 is 6.10 Å². The van der Waals surface area contributed by atoms with Gasteiger partial charge in [-0.3, -0.25) is 0 Å². The normalized spacial score (nSPS) is 11.9. The zero-order valence-electron chi connectivity index (χ0n) is 10.4. The van der Waals surface area contributed by atoms with Gasteiger partial charge in [-0.1, -0.05) is 12.0 Å². The first kappa shape index (κ1) is 13.6. The fourth-order valence-corrected chi connectivity index (χ4v) is 1.58. The average Bonchev–Trinajstić information content (AvgIpc) is 2.25. The van der Waals surface area contributed by atoms with Crippen molar-refractivity contribution in [2.75, 3.05) is 19.7 Å². The summed E-state index contributed by atoms with van der Waals surface area (Å²) in [5.41, 5.74) is 2.31. The highest BCUT2D eigenvalue weighted by Gasteiger charge is 2.04. The van der Waals surface area contributed by atoms with Crippen LogP contribution in [-0.2, 0) is 0 Å². The lowest BCUT2D eigenvalue weighted by atomic mass is 10.1. The van der Waals surface area contributed by atoms with Gasteiger partial charge in [0.25, 0.3) is 0 Å². The highest BCUT2D eigenvalue weighted by molar-refractivity contribution is 5.32. The van der Waals surface area contributed by atoms with Gasteiger partial charge in [0.15, 0.2) is 0 Å². The number of hydrogen-bond donors (Lipinski definition) is 2. The van der Waals surface area contributed by atoms with Crippen LogP contribution in [0.1, 0.15) is 11.1 Å². The van der Waals surface area contributed by atoms with Crippen molar-refractivity contribution in [3.8, 4) is 18.1 Å². The molecule has 0 aliphatic rings. The van der Waals surface area contributed by atoms with Crippen molar-refractivity contribution in [3.05, 3.63) is 29.3 Å². The number of ether oxygens (including phenoxy) is 1. The minimum Gasteiger partial charge on any atom is -0.491 e. The van der Waals surface area contributed by atoms with Gasteiger partial charge in [0.05, 0.1) is 6.54 Å². The van der Waals surface area contributed by atoms with Gasteiger partial charge >= 0.3 is 0 Å². The number of aryl methyl sites for hydroxylation is 2. The van der Waals surface area contributed by atoms with Gasteiger partial charge in [0.1, 0.15) is 18.5 Å². The van der Waals surface area contributed by atoms with Gasteiger partial charge in [0.2, 0.25) is 0 Å². The van der Waals surface area contributed by atoms with Crippen LogP contribution in [0.2, 0.25) is 0 Å². The first-order chi connectivity index (χ1) is 8.11. The van der Waals surface area contributed by atoms with Gasteiger partial charge in [-0.05, 0) is 37.1 Å². The van der Waals surface area contributed by atoms with Crippen molar-refractivity contribution < 1.29 is 9.84 Å². The second kappa shape index (κ2) is 6.95. The minimum absolute atomic E-state index is 0.264. The summed E-state index contributed by atoms with van der Waals surface area (Å²) in [6.45, 7) is 5.20. The largest absolute Gasteiger partial charge is 0.491 e. The number of aliphatic hydroxyl groups is 1. The molecule has 3 nitrogen and oxygen atoms in total. The predicted molar refractivity (Wildman–Crippen MR) is 69.1 cm³/mol. The highest BCUT2D eigenvalue weighted by Crippen LogP contribution is 2.16. The van der Waals surface area contributed by atoms with E-state index in [0.29, 0.717) is 13.1 Å². The molecule has 0 saturated heterocycles. The Bertz CT molecular complexity index is 375. The molecule has 0 amide bonds. The molecule has 0 aromatic heterocycles. The number of hydrogen-bond acceptors (Lipinski definition) is 3. The molecule has 0 bridgehead atoms. The Hall–Kier alpha value is -1.50. The second-order valence-corrected chi connectivity index (χ2v) is 4.12. The van der Waals surface area contributed by atoms with Gasteiger partial charge in [-0.25, -0.2) is 0 Å². The fourth-order valence-electron chi connectivity index (χ4n) is 1.58. The first-order valence-corrected chi connectivity index (χ1v) is 5.65. The summed E-state index contributed by atoms with van der Waals surface area (Å²) in [7, 11) is 0. The van der Waals surface area contributed by atoms with E-state index in [1.54, 1.807) is 0 Å². The summed E-state index contributed by atoms with van der Waals surface area (Å²) in [6.07, 6.45) is 4.54. The topological polar surface area (TPSA) is 41.5 Å². The van der Waals surface area contributed by atoms with E-state index in [1.807, 2.05) is 26.0 Å². The van der Waals surface area contributed by atoms with Crippen LogP contribution < -0.4 is 10.1 Å². The Morgan fingerprint density at radius 1 is 1.35 bits per heavy atom. The minimum atomic E-state index is -0.552. The lowest BCUT2D eigenvalue weighted by molar-refractivity contribution is 0.107. The summed E-state index contributed by atoms with van der Waals surface area (Å²) in [5.74, 6) is 3.24. The molecule has 0 fully saturated rings. The van der Waals surface area contributed by atoms with Crippen molar-refractivity contribution in [2.45, 2.75) is 20.0 Å². The Labute approximate surface area is 103 Å². The molecular weight excluding hydrogens is 214 g/mol. The molecule has 0 radical (unpaired) electrons. The molecule has 1 aromatic carbocycles. The first-order valence-electron chi connectivity index (χ1n) is 5.65. The molecule has 0 heterocycles. The van der Waals surface area contributed by atoms with E-state index in [4.69, 9.17) is 11.2 Å². The predicted octanol–water partition coefficient (Wildman–Crippen LogP) is 1.27. The van der Waals surface area contributed by atoms with Crippen LogP contribution in [0.4, 0.5) is 0 Å². The Morgan fingerprint density at radius 2 is 2.00 bits per heavy atom. The summed E-state index contributed by atoms with van der Waals surface area (Å²) < 4.78 is 5.52. The van der Waals surface area contributed by atoms with Crippen LogP contribution in [-0.4, -0.2) is 30.9 Å². The van der Waals surface area contributed by atoms with Gasteiger partial charge in [-0.15, -0.1) is 6.42 Å². The maximum atomic E-state index is 9.62. The van der Waals surface area contributed by atoms with Crippen LogP contribution in [0.15, 0.2) is 18.2 Å². The van der Waals surface area contributed by atoms with E-state index in [9.17, 15) is 5.11 Å². The molecule has 0 aliphatic heterocycles. The smallest absolute Gasteiger partial charge is 0.119 e. The zero-order chi connectivity index (χ0) is 12.7. The number of aliphatic hydroxyl groups excluding tert-OH is 1. The van der Waals surface area contributed by atoms with Crippen molar-refractivity contribution in [1.82, 2.24) is 5.32 Å². The van der Waals surface area contributed by atoms with E-state index >= 15 is 0 Å². The number of nitrogens with one attached hydrogen (secondary N) is 1. The van der Waals surface area contributed by atoms with Crippen LogP contribution in [0.25, 0.3) is 0 Å². The maximum absolute atomic E-state index is 9.62. The Morgan fingerprint density at radius 3 is 2.59 bits per heavy atom. The molecule has 0 spiro atoms. The SMILES string of the molecule is C#CCNCC(O)COc1cc(C)cc(C)c1. The summed E-state index contributed by atoms with van der Waals surface area (Å²) in [4.78, 5) is 0. The molecular formula is C14H19NO2. The molecule has 0 aliphatic carbocycles. The third kappa shape index (κ3) is 5.39. The van der Waals surface area contributed by atoms with Gasteiger partial charge in [-0.2, -0.15) is 0 Å². The number of terminal acetylenes is 1. The fraction of sp³-hybridized carbons (Fsp3) is 0.429. The lowest BCUT2D eigenvalue weighted by Gasteiger charge is -2.13. The third-order valence-electron chi connectivity index (χ3n) is 2.24. The van der Waals surface area contributed by atoms with Crippen molar-refractivity contribution in [2.24, 2.45) is 0 Å². The van der Waals surface area contributed by atoms with Crippen LogP contribution >= 0.6 is 0 Å². The second-order valence-electron chi connectivity index (χ2n) is 4.12. The van der Waals surface area contributed by atoms with E-state index in [1.165, 1.54) is 0 Å². The summed E-state index contributed by atoms with van der Waals surface area (Å²) in [5, 5.41) is 12.5. The molecule has 3 heteroatoms. The van der Waals surface area contributed by atoms with E-state index in [-0.39, 0.29) is 6.61 Å². The van der Waals surface area contributed by atoms with Crippen LogP contribution in [0.5, 0.6) is 5.75 Å². The van der Waals surface area contributed by atoms with Crippen molar-refractivity contribution >= 4 is 0 Å². The van der Waals surface area contributed by atoms with Gasteiger partial charge < -0.3 is 15.2 Å². The summed E-state index contributed by atoms with van der Waals surface area (Å²) in [6, 6.07) is 5.99. The van der Waals surface area contributed by atoms with E-state index in [0.717, 1.165) is 16.9 Å². The standard InChI is InChI=1S/C14H19NO2/c1-4-5-15-9-13(16)10-17-14-7-11(2)6-12(3)8-14/h1,6-8,13,15-16H,5,9-10H2,2-3H3. The average molecular weight is 233 g/mol. The highest BCUT2D eigenvalue weighted by atomic mass is 16.5. The Balaban J connectivity index is 2.37. The zero-order valence-corrected chi connectivity index (χ0v) is 10.4. The lowest BCUT2D eigenvalue weighted by Crippen LogP contribution is -2.31. The maximum Gasteiger partial charge on any atom is 0.119 e. The molecule has 1 rings (SSSR count). The van der Waals surface area contributed by atoms with Crippen molar-refractivity contribution in [3.63, 3.8) is 0 Å². The molecule has 1 atom stereocenters. The third-order valence-corrected chi connectivity index (χ3v) is 2.24. The van der Waals surface area contributed by atoms with Crippen molar-refractivity contribution in [1.29, 1.82) is 0 Å². The van der Waals surface area contributed by atoms with Gasteiger partial charge in [0, 0.05) is 6.54 Å². The van der Waals surface area contributed by atoms with Crippen LogP contribution in [0.3, 0.4) is 0 Å². The molecule has 1 unspecified atom stereocenters.